The number of nitrogens with zero attached hydrogens (tertiary/aromatic N) is 4. The molecule has 5 nitrogen and oxygen atoms in total. The minimum atomic E-state index is -0.0349. The third kappa shape index (κ3) is 4.61. The first-order valence-electron chi connectivity index (χ1n) is 11.1. The number of aryl methyl sites for hydroxylation is 2. The van der Waals surface area contributed by atoms with E-state index in [1.807, 2.05) is 36.7 Å². The predicted octanol–water partition coefficient (Wildman–Crippen LogP) is 6.94. The molecular weight excluding hydrogens is 448 g/mol. The minimum Gasteiger partial charge on any atom is -0.316 e. The van der Waals surface area contributed by atoms with Gasteiger partial charge in [0, 0.05) is 24.1 Å². The number of hydrogen-bond donors (Lipinski definition) is 0. The van der Waals surface area contributed by atoms with E-state index in [9.17, 15) is 4.79 Å². The molecule has 0 unspecified atom stereocenters. The van der Waals surface area contributed by atoms with E-state index in [-0.39, 0.29) is 5.91 Å². The molecule has 33 heavy (non-hydrogen) atoms. The van der Waals surface area contributed by atoms with Gasteiger partial charge in [-0.25, -0.2) is 9.97 Å². The molecule has 168 valence electrons. The number of amides is 1. The van der Waals surface area contributed by atoms with Crippen molar-refractivity contribution in [2.45, 2.75) is 50.6 Å². The fourth-order valence-electron chi connectivity index (χ4n) is 4.03. The number of thioether (sulfide) groups is 1. The number of anilines is 2. The molecule has 4 aromatic rings. The van der Waals surface area contributed by atoms with E-state index in [1.54, 1.807) is 23.6 Å². The molecule has 0 atom stereocenters. The highest BCUT2D eigenvalue weighted by Gasteiger charge is 2.29. The Balaban J connectivity index is 1.37. The normalized spacial score (nSPS) is 13.3. The lowest BCUT2D eigenvalue weighted by molar-refractivity contribution is -0.115. The molecule has 1 amide bonds. The Hall–Kier alpha value is -2.90. The van der Waals surface area contributed by atoms with Gasteiger partial charge in [-0.2, -0.15) is 0 Å². The van der Waals surface area contributed by atoms with Crippen LogP contribution in [0.3, 0.4) is 0 Å². The summed E-state index contributed by atoms with van der Waals surface area (Å²) in [5.74, 6) is 0.680. The van der Waals surface area contributed by atoms with Crippen LogP contribution >= 0.6 is 23.1 Å². The molecule has 0 N–H and O–H groups in total. The molecule has 5 rings (SSSR count). The van der Waals surface area contributed by atoms with E-state index < -0.39 is 0 Å². The zero-order valence-electron chi connectivity index (χ0n) is 19.0. The summed E-state index contributed by atoms with van der Waals surface area (Å²) in [6, 6.07) is 17.1. The standard InChI is InChI=1S/C26H26N4OS2/c1-17-9-12-23(18(2)13-17)29(19(3)31)26-28-21(16-33-26)15-32-25-27-14-24(30(25)22-10-11-22)20-7-5-4-6-8-20/h4-9,12-14,16,22H,10-11,15H2,1-3H3. The summed E-state index contributed by atoms with van der Waals surface area (Å²) >= 11 is 3.22. The summed E-state index contributed by atoms with van der Waals surface area (Å²) < 4.78 is 2.38. The maximum absolute atomic E-state index is 12.5. The van der Waals surface area contributed by atoms with Crippen LogP contribution in [0.5, 0.6) is 0 Å². The summed E-state index contributed by atoms with van der Waals surface area (Å²) in [6.07, 6.45) is 4.39. The van der Waals surface area contributed by atoms with E-state index in [0.717, 1.165) is 22.1 Å². The maximum atomic E-state index is 12.5. The van der Waals surface area contributed by atoms with Crippen LogP contribution in [0, 0.1) is 13.8 Å². The molecule has 1 aliphatic rings. The predicted molar refractivity (Wildman–Crippen MR) is 136 cm³/mol. The Morgan fingerprint density at radius 2 is 1.97 bits per heavy atom. The van der Waals surface area contributed by atoms with Crippen LogP contribution in [-0.4, -0.2) is 20.4 Å². The van der Waals surface area contributed by atoms with Gasteiger partial charge in [0.2, 0.25) is 5.91 Å². The van der Waals surface area contributed by atoms with Crippen molar-refractivity contribution in [2.24, 2.45) is 0 Å². The third-order valence-electron chi connectivity index (χ3n) is 5.73. The van der Waals surface area contributed by atoms with Gasteiger partial charge in [0.25, 0.3) is 0 Å². The molecule has 1 saturated carbocycles. The maximum Gasteiger partial charge on any atom is 0.230 e. The van der Waals surface area contributed by atoms with Crippen LogP contribution < -0.4 is 4.90 Å². The van der Waals surface area contributed by atoms with Crippen LogP contribution in [0.4, 0.5) is 10.8 Å². The number of thiazole rings is 1. The first-order valence-corrected chi connectivity index (χ1v) is 13.0. The zero-order valence-corrected chi connectivity index (χ0v) is 20.6. The summed E-state index contributed by atoms with van der Waals surface area (Å²) in [5, 5.41) is 3.79. The van der Waals surface area contributed by atoms with Crippen molar-refractivity contribution in [3.63, 3.8) is 0 Å². The second-order valence-corrected chi connectivity index (χ2v) is 10.2. The lowest BCUT2D eigenvalue weighted by atomic mass is 10.1. The minimum absolute atomic E-state index is 0.0349. The first-order chi connectivity index (χ1) is 16.0. The average Bonchev–Trinajstić information content (AvgIpc) is 3.38. The Labute approximate surface area is 202 Å². The molecule has 0 saturated heterocycles. The van der Waals surface area contributed by atoms with Crippen molar-refractivity contribution in [1.82, 2.24) is 14.5 Å². The van der Waals surface area contributed by atoms with Gasteiger partial charge < -0.3 is 4.57 Å². The van der Waals surface area contributed by atoms with Gasteiger partial charge >= 0.3 is 0 Å². The smallest absolute Gasteiger partial charge is 0.230 e. The SMILES string of the molecule is CC(=O)N(c1nc(CSc2ncc(-c3ccccc3)n2C2CC2)cs1)c1ccc(C)cc1C. The van der Waals surface area contributed by atoms with Crippen molar-refractivity contribution in [2.75, 3.05) is 4.90 Å². The number of carbonyl (C=O) groups excluding carboxylic acids is 1. The molecule has 1 fully saturated rings. The van der Waals surface area contributed by atoms with Crippen LogP contribution in [-0.2, 0) is 10.5 Å². The summed E-state index contributed by atoms with van der Waals surface area (Å²) in [4.78, 5) is 23.8. The van der Waals surface area contributed by atoms with Crippen molar-refractivity contribution in [1.29, 1.82) is 0 Å². The van der Waals surface area contributed by atoms with Crippen LogP contribution in [0.25, 0.3) is 11.3 Å². The molecule has 2 heterocycles. The lowest BCUT2D eigenvalue weighted by Crippen LogP contribution is -2.23. The third-order valence-corrected chi connectivity index (χ3v) is 7.61. The molecule has 0 aliphatic heterocycles. The molecule has 2 aromatic carbocycles. The molecule has 0 spiro atoms. The molecule has 0 bridgehead atoms. The topological polar surface area (TPSA) is 51.0 Å². The van der Waals surface area contributed by atoms with Crippen molar-refractivity contribution in [3.8, 4) is 11.3 Å². The fourth-order valence-corrected chi connectivity index (χ4v) is 5.95. The number of hydrogen-bond acceptors (Lipinski definition) is 5. The van der Waals surface area contributed by atoms with E-state index in [1.165, 1.54) is 41.0 Å². The molecule has 7 heteroatoms. The molecule has 1 aliphatic carbocycles. The molecule has 0 radical (unpaired) electrons. The monoisotopic (exact) mass is 474 g/mol. The number of rotatable bonds is 7. The average molecular weight is 475 g/mol. The van der Waals surface area contributed by atoms with Crippen molar-refractivity contribution >= 4 is 39.8 Å². The Morgan fingerprint density at radius 3 is 2.67 bits per heavy atom. The second kappa shape index (κ2) is 9.15. The number of aromatic nitrogens is 3. The Morgan fingerprint density at radius 1 is 1.18 bits per heavy atom. The number of imidazole rings is 1. The van der Waals surface area contributed by atoms with Gasteiger partial charge in [-0.15, -0.1) is 11.3 Å². The highest BCUT2D eigenvalue weighted by atomic mass is 32.2. The number of benzene rings is 2. The molecule has 2 aromatic heterocycles. The van der Waals surface area contributed by atoms with E-state index in [2.05, 4.69) is 41.8 Å². The van der Waals surface area contributed by atoms with E-state index in [0.29, 0.717) is 16.9 Å². The van der Waals surface area contributed by atoms with Crippen LogP contribution in [0.1, 0.15) is 42.6 Å². The van der Waals surface area contributed by atoms with Crippen LogP contribution in [0.2, 0.25) is 0 Å². The zero-order chi connectivity index (χ0) is 22.9. The first kappa shape index (κ1) is 21.9. The summed E-state index contributed by atoms with van der Waals surface area (Å²) in [7, 11) is 0. The lowest BCUT2D eigenvalue weighted by Gasteiger charge is -2.20. The van der Waals surface area contributed by atoms with E-state index >= 15 is 0 Å². The summed E-state index contributed by atoms with van der Waals surface area (Å²) in [6.45, 7) is 5.68. The Kier molecular flexibility index (Phi) is 6.08. The highest BCUT2D eigenvalue weighted by molar-refractivity contribution is 7.98. The largest absolute Gasteiger partial charge is 0.316 e. The van der Waals surface area contributed by atoms with Gasteiger partial charge in [0.1, 0.15) is 0 Å². The highest BCUT2D eigenvalue weighted by Crippen LogP contribution is 2.42. The summed E-state index contributed by atoms with van der Waals surface area (Å²) in [5.41, 5.74) is 6.47. The second-order valence-electron chi connectivity index (χ2n) is 8.45. The molecular formula is C26H26N4OS2. The van der Waals surface area contributed by atoms with Gasteiger partial charge in [-0.3, -0.25) is 9.69 Å². The van der Waals surface area contributed by atoms with Crippen molar-refractivity contribution < 1.29 is 4.79 Å². The van der Waals surface area contributed by atoms with Gasteiger partial charge in [0.05, 0.1) is 23.3 Å². The van der Waals surface area contributed by atoms with Gasteiger partial charge in [-0.05, 0) is 43.9 Å². The van der Waals surface area contributed by atoms with Crippen molar-refractivity contribution in [3.05, 3.63) is 76.9 Å². The Bertz CT molecular complexity index is 1290. The van der Waals surface area contributed by atoms with Crippen LogP contribution in [0.15, 0.2) is 65.3 Å². The number of carbonyl (C=O) groups is 1. The fraction of sp³-hybridized carbons (Fsp3) is 0.269. The van der Waals surface area contributed by atoms with Gasteiger partial charge in [0.15, 0.2) is 10.3 Å². The van der Waals surface area contributed by atoms with E-state index in [4.69, 9.17) is 9.97 Å². The quantitative estimate of drug-likeness (QED) is 0.272. The van der Waals surface area contributed by atoms with Gasteiger partial charge in [-0.1, -0.05) is 59.8 Å².